The largest absolute Gasteiger partial charge is 0.391 e. The van der Waals surface area contributed by atoms with E-state index < -0.39 is 6.10 Å². The highest BCUT2D eigenvalue weighted by Gasteiger charge is 2.20. The van der Waals surface area contributed by atoms with E-state index in [9.17, 15) is 5.11 Å². The Balaban J connectivity index is 2.14. The van der Waals surface area contributed by atoms with Gasteiger partial charge >= 0.3 is 0 Å². The molecular weight excluding hydrogens is 326 g/mol. The SMILES string of the molecule is CC(C)CC[C@H](O)[C@H](N)c1ccccc1Sc1ccc(Cl)cc1. The Labute approximate surface area is 148 Å². The van der Waals surface area contributed by atoms with E-state index in [2.05, 4.69) is 13.8 Å². The molecule has 3 N–H and O–H groups in total. The van der Waals surface area contributed by atoms with Crippen molar-refractivity contribution in [3.8, 4) is 0 Å². The third kappa shape index (κ3) is 5.54. The minimum atomic E-state index is -0.524. The second-order valence-electron chi connectivity index (χ2n) is 6.16. The summed E-state index contributed by atoms with van der Waals surface area (Å²) in [5, 5.41) is 11.1. The van der Waals surface area contributed by atoms with Gasteiger partial charge in [-0.15, -0.1) is 0 Å². The molecule has 0 unspecified atom stereocenters. The van der Waals surface area contributed by atoms with Gasteiger partial charge in [0.2, 0.25) is 0 Å². The molecule has 124 valence electrons. The molecule has 0 radical (unpaired) electrons. The number of benzene rings is 2. The third-order valence-electron chi connectivity index (χ3n) is 3.77. The molecule has 23 heavy (non-hydrogen) atoms. The van der Waals surface area contributed by atoms with Gasteiger partial charge in [0.1, 0.15) is 0 Å². The Hall–Kier alpha value is -1.00. The average Bonchev–Trinajstić information content (AvgIpc) is 2.54. The van der Waals surface area contributed by atoms with Crippen LogP contribution >= 0.6 is 23.4 Å². The van der Waals surface area contributed by atoms with Crippen molar-refractivity contribution in [3.63, 3.8) is 0 Å². The van der Waals surface area contributed by atoms with Crippen molar-refractivity contribution in [1.29, 1.82) is 0 Å². The molecule has 0 aliphatic heterocycles. The first-order valence-corrected chi connectivity index (χ1v) is 9.13. The summed E-state index contributed by atoms with van der Waals surface area (Å²) < 4.78 is 0. The highest BCUT2D eigenvalue weighted by molar-refractivity contribution is 7.99. The van der Waals surface area contributed by atoms with Crippen molar-refractivity contribution in [3.05, 3.63) is 59.1 Å². The molecule has 2 atom stereocenters. The van der Waals surface area contributed by atoms with Crippen LogP contribution in [0.1, 0.15) is 38.3 Å². The number of rotatable bonds is 7. The fourth-order valence-corrected chi connectivity index (χ4v) is 3.49. The van der Waals surface area contributed by atoms with E-state index in [0.29, 0.717) is 5.92 Å². The smallest absolute Gasteiger partial charge is 0.0733 e. The van der Waals surface area contributed by atoms with Crippen molar-refractivity contribution in [2.75, 3.05) is 0 Å². The quantitative estimate of drug-likeness (QED) is 0.714. The van der Waals surface area contributed by atoms with Crippen molar-refractivity contribution >= 4 is 23.4 Å². The van der Waals surface area contributed by atoms with Crippen LogP contribution in [0.15, 0.2) is 58.3 Å². The molecule has 0 saturated heterocycles. The number of halogens is 1. The summed E-state index contributed by atoms with van der Waals surface area (Å²) in [5.74, 6) is 0.565. The van der Waals surface area contributed by atoms with Crippen LogP contribution in [0, 0.1) is 5.92 Å². The van der Waals surface area contributed by atoms with Crippen LogP contribution in [0.5, 0.6) is 0 Å². The maximum absolute atomic E-state index is 10.4. The highest BCUT2D eigenvalue weighted by atomic mass is 35.5. The molecule has 0 heterocycles. The summed E-state index contributed by atoms with van der Waals surface area (Å²) in [6, 6.07) is 15.4. The molecule has 2 aromatic carbocycles. The Morgan fingerprint density at radius 1 is 1.04 bits per heavy atom. The van der Waals surface area contributed by atoms with Gasteiger partial charge in [0.15, 0.2) is 0 Å². The van der Waals surface area contributed by atoms with Gasteiger partial charge < -0.3 is 10.8 Å². The summed E-state index contributed by atoms with van der Waals surface area (Å²) in [4.78, 5) is 2.18. The zero-order valence-electron chi connectivity index (χ0n) is 13.6. The summed E-state index contributed by atoms with van der Waals surface area (Å²) >= 11 is 7.58. The van der Waals surface area contributed by atoms with Gasteiger partial charge in [0.25, 0.3) is 0 Å². The zero-order chi connectivity index (χ0) is 16.8. The summed E-state index contributed by atoms with van der Waals surface area (Å²) in [6.07, 6.45) is 1.17. The third-order valence-corrected chi connectivity index (χ3v) is 5.13. The second-order valence-corrected chi connectivity index (χ2v) is 7.71. The van der Waals surface area contributed by atoms with Crippen LogP contribution in [0.25, 0.3) is 0 Å². The molecule has 0 amide bonds. The monoisotopic (exact) mass is 349 g/mol. The summed E-state index contributed by atoms with van der Waals surface area (Å²) in [7, 11) is 0. The van der Waals surface area contributed by atoms with Crippen molar-refractivity contribution in [1.82, 2.24) is 0 Å². The van der Waals surface area contributed by atoms with Gasteiger partial charge in [-0.3, -0.25) is 0 Å². The maximum atomic E-state index is 10.4. The number of aliphatic hydroxyl groups excluding tert-OH is 1. The Morgan fingerprint density at radius 3 is 2.35 bits per heavy atom. The molecule has 0 saturated carbocycles. The maximum Gasteiger partial charge on any atom is 0.0733 e. The van der Waals surface area contributed by atoms with Gasteiger partial charge in [0, 0.05) is 14.8 Å². The van der Waals surface area contributed by atoms with Crippen LogP contribution in [0.4, 0.5) is 0 Å². The van der Waals surface area contributed by atoms with Crippen molar-refractivity contribution in [2.45, 2.75) is 48.6 Å². The first-order valence-electron chi connectivity index (χ1n) is 7.93. The molecule has 4 heteroatoms. The molecule has 0 fully saturated rings. The van der Waals surface area contributed by atoms with E-state index in [1.54, 1.807) is 11.8 Å². The lowest BCUT2D eigenvalue weighted by atomic mass is 9.96. The van der Waals surface area contributed by atoms with Crippen LogP contribution in [-0.2, 0) is 0 Å². The minimum absolute atomic E-state index is 0.371. The molecule has 0 aliphatic rings. The molecule has 2 rings (SSSR count). The Bertz CT molecular complexity index is 615. The topological polar surface area (TPSA) is 46.2 Å². The predicted molar refractivity (Wildman–Crippen MR) is 99.0 cm³/mol. The molecule has 2 aromatic rings. The molecular formula is C19H24ClNOS. The summed E-state index contributed by atoms with van der Waals surface area (Å²) in [6.45, 7) is 4.31. The zero-order valence-corrected chi connectivity index (χ0v) is 15.1. The standard InChI is InChI=1S/C19H24ClNOS/c1-13(2)7-12-17(22)19(21)16-5-3-4-6-18(16)23-15-10-8-14(20)9-11-15/h3-6,8-11,13,17,19,22H,7,12,21H2,1-2H3/t17-,19+/m0/s1. The fraction of sp³-hybridized carbons (Fsp3) is 0.368. The Morgan fingerprint density at radius 2 is 1.70 bits per heavy atom. The van der Waals surface area contributed by atoms with Crippen molar-refractivity contribution in [2.24, 2.45) is 11.7 Å². The van der Waals surface area contributed by atoms with Crippen molar-refractivity contribution < 1.29 is 5.11 Å². The molecule has 0 aliphatic carbocycles. The number of hydrogen-bond acceptors (Lipinski definition) is 3. The molecule has 2 nitrogen and oxygen atoms in total. The van der Waals surface area contributed by atoms with Crippen LogP contribution in [-0.4, -0.2) is 11.2 Å². The Kier molecular flexibility index (Phi) is 6.97. The second kappa shape index (κ2) is 8.74. The van der Waals surface area contributed by atoms with Crippen LogP contribution in [0.2, 0.25) is 5.02 Å². The number of aliphatic hydroxyl groups is 1. The van der Waals surface area contributed by atoms with E-state index in [1.165, 1.54) is 0 Å². The van der Waals surface area contributed by atoms with E-state index in [4.69, 9.17) is 17.3 Å². The predicted octanol–water partition coefficient (Wildman–Crippen LogP) is 5.29. The number of hydrogen-bond donors (Lipinski definition) is 2. The minimum Gasteiger partial charge on any atom is -0.391 e. The van der Waals surface area contributed by atoms with E-state index >= 15 is 0 Å². The van der Waals surface area contributed by atoms with E-state index in [1.807, 2.05) is 48.5 Å². The lowest BCUT2D eigenvalue weighted by molar-refractivity contribution is 0.127. The van der Waals surface area contributed by atoms with Crippen LogP contribution in [0.3, 0.4) is 0 Å². The first-order chi connectivity index (χ1) is 11.0. The van der Waals surface area contributed by atoms with Gasteiger partial charge in [-0.05, 0) is 54.7 Å². The number of nitrogens with two attached hydrogens (primary N) is 1. The summed E-state index contributed by atoms with van der Waals surface area (Å²) in [5.41, 5.74) is 7.31. The lowest BCUT2D eigenvalue weighted by Crippen LogP contribution is -2.27. The first kappa shape index (κ1) is 18.3. The van der Waals surface area contributed by atoms with E-state index in [-0.39, 0.29) is 6.04 Å². The highest BCUT2D eigenvalue weighted by Crippen LogP contribution is 2.34. The van der Waals surface area contributed by atoms with Gasteiger partial charge in [0.05, 0.1) is 12.1 Å². The average molecular weight is 350 g/mol. The van der Waals surface area contributed by atoms with Gasteiger partial charge in [-0.2, -0.15) is 0 Å². The van der Waals surface area contributed by atoms with Gasteiger partial charge in [-0.25, -0.2) is 0 Å². The molecule has 0 aromatic heterocycles. The molecule has 0 bridgehead atoms. The normalized spacial score (nSPS) is 14.0. The molecule has 0 spiro atoms. The van der Waals surface area contributed by atoms with Gasteiger partial charge in [-0.1, -0.05) is 55.4 Å². The fourth-order valence-electron chi connectivity index (χ4n) is 2.37. The van der Waals surface area contributed by atoms with E-state index in [0.717, 1.165) is 33.2 Å². The van der Waals surface area contributed by atoms with Crippen LogP contribution < -0.4 is 5.73 Å². The lowest BCUT2D eigenvalue weighted by Gasteiger charge is -2.22.